The van der Waals surface area contributed by atoms with Crippen molar-refractivity contribution in [1.82, 2.24) is 4.98 Å². The normalized spacial score (nSPS) is 15.3. The average molecular weight is 792 g/mol. The van der Waals surface area contributed by atoms with E-state index in [2.05, 4.69) is 49.9 Å². The fourth-order valence-electron chi connectivity index (χ4n) is 6.42. The maximum Gasteiger partial charge on any atom is 0.333 e. The predicted molar refractivity (Wildman–Crippen MR) is 223 cm³/mol. The van der Waals surface area contributed by atoms with Crippen molar-refractivity contribution in [1.29, 1.82) is 0 Å². The second-order valence-corrected chi connectivity index (χ2v) is 14.6. The molecule has 1 fully saturated rings. The Morgan fingerprint density at radius 3 is 2.39 bits per heavy atom. The number of hydrazone groups is 1. The van der Waals surface area contributed by atoms with Crippen molar-refractivity contribution in [3.63, 3.8) is 0 Å². The fraction of sp³-hybridized carbons (Fsp3) is 0.333. The van der Waals surface area contributed by atoms with Crippen LogP contribution in [0.4, 0.5) is 5.13 Å². The zero-order chi connectivity index (χ0) is 39.8. The van der Waals surface area contributed by atoms with E-state index < -0.39 is 5.97 Å². The van der Waals surface area contributed by atoms with Gasteiger partial charge in [-0.3, -0.25) is 4.79 Å². The highest BCUT2D eigenvalue weighted by molar-refractivity contribution is 7.22. The topological polar surface area (TPSA) is 118 Å². The van der Waals surface area contributed by atoms with Gasteiger partial charge in [-0.15, -0.1) is 0 Å². The van der Waals surface area contributed by atoms with Crippen molar-refractivity contribution in [2.75, 3.05) is 51.9 Å². The lowest BCUT2D eigenvalue weighted by Gasteiger charge is -2.27. The van der Waals surface area contributed by atoms with E-state index in [1.807, 2.05) is 41.6 Å². The van der Waals surface area contributed by atoms with Crippen molar-refractivity contribution >= 4 is 44.8 Å². The number of anilines is 1. The van der Waals surface area contributed by atoms with Gasteiger partial charge in [0.15, 0.2) is 0 Å². The van der Waals surface area contributed by atoms with E-state index in [4.69, 9.17) is 38.5 Å². The first-order valence-electron chi connectivity index (χ1n) is 19.3. The van der Waals surface area contributed by atoms with Gasteiger partial charge in [0.2, 0.25) is 11.9 Å². The van der Waals surface area contributed by atoms with Gasteiger partial charge >= 0.3 is 11.9 Å². The van der Waals surface area contributed by atoms with Gasteiger partial charge in [-0.1, -0.05) is 67.3 Å². The van der Waals surface area contributed by atoms with E-state index >= 15 is 0 Å². The molecular weight excluding hydrogens is 743 g/mol. The number of hydrogen-bond acceptors (Lipinski definition) is 12. The molecular formula is C45H49N3O8S. The van der Waals surface area contributed by atoms with Crippen LogP contribution in [-0.2, 0) is 30.2 Å². The summed E-state index contributed by atoms with van der Waals surface area (Å²) in [4.78, 5) is 29.1. The maximum atomic E-state index is 13.0. The molecule has 1 heterocycles. The van der Waals surface area contributed by atoms with Gasteiger partial charge < -0.3 is 28.4 Å². The highest BCUT2D eigenvalue weighted by Gasteiger charge is 2.28. The molecule has 298 valence electrons. The number of aromatic nitrogens is 1. The van der Waals surface area contributed by atoms with Gasteiger partial charge in [-0.05, 0) is 103 Å². The summed E-state index contributed by atoms with van der Waals surface area (Å²) in [5, 5.41) is 7.67. The van der Waals surface area contributed by atoms with E-state index in [1.54, 1.807) is 42.7 Å². The van der Waals surface area contributed by atoms with Crippen molar-refractivity contribution < 1.29 is 38.0 Å². The van der Waals surface area contributed by atoms with Crippen molar-refractivity contribution in [2.24, 2.45) is 16.9 Å². The van der Waals surface area contributed by atoms with Crippen LogP contribution in [0.3, 0.4) is 0 Å². The monoisotopic (exact) mass is 791 g/mol. The quantitative estimate of drug-likeness (QED) is 0.0144. The molecule has 0 amide bonds. The molecule has 5 aromatic rings. The summed E-state index contributed by atoms with van der Waals surface area (Å²) >= 11 is 1.59. The molecule has 6 rings (SSSR count). The molecule has 0 radical (unpaired) electrons. The number of nitrogens with zero attached hydrogens (tertiary/aromatic N) is 3. The van der Waals surface area contributed by atoms with Crippen molar-refractivity contribution in [3.8, 4) is 28.4 Å². The van der Waals surface area contributed by atoms with Gasteiger partial charge in [0.25, 0.3) is 0 Å². The lowest BCUT2D eigenvalue weighted by Crippen LogP contribution is -2.27. The molecule has 57 heavy (non-hydrogen) atoms. The van der Waals surface area contributed by atoms with Gasteiger partial charge in [-0.25, -0.2) is 14.8 Å². The Hall–Kier alpha value is -5.56. The molecule has 0 atom stereocenters. The molecule has 0 saturated heterocycles. The molecule has 12 heteroatoms. The molecule has 0 unspecified atom stereocenters. The molecule has 0 N–H and O–H groups in total. The zero-order valence-corrected chi connectivity index (χ0v) is 33.3. The predicted octanol–water partition coefficient (Wildman–Crippen LogP) is 8.89. The van der Waals surface area contributed by atoms with Gasteiger partial charge in [0.05, 0.1) is 55.3 Å². The first kappa shape index (κ1) is 41.1. The Bertz CT molecular complexity index is 2060. The number of hydrogen-bond donors (Lipinski definition) is 0. The summed E-state index contributed by atoms with van der Waals surface area (Å²) in [6, 6.07) is 29.5. The number of benzene rings is 4. The lowest BCUT2D eigenvalue weighted by molar-refractivity contribution is -0.144. The van der Waals surface area contributed by atoms with Crippen LogP contribution >= 0.6 is 11.3 Å². The Morgan fingerprint density at radius 2 is 1.65 bits per heavy atom. The summed E-state index contributed by atoms with van der Waals surface area (Å²) in [7, 11) is 1.66. The summed E-state index contributed by atoms with van der Waals surface area (Å²) in [5.74, 6) is 0.998. The van der Waals surface area contributed by atoms with E-state index in [1.165, 1.54) is 5.56 Å². The third-order valence-corrected chi connectivity index (χ3v) is 10.8. The number of carbonyl (C=O) groups is 2. The Labute approximate surface area is 337 Å². The molecule has 0 spiro atoms. The highest BCUT2D eigenvalue weighted by Crippen LogP contribution is 2.33. The van der Waals surface area contributed by atoms with E-state index in [9.17, 15) is 9.59 Å². The SMILES string of the molecule is C=CC(=O)OCOc1ccc(OC(=O)C2CCC(COc3ccc(-c4ccc(CC)cc4)c(/C=N/N(CCOCCOC)c4nc5ccccc5s4)c3)CC2)cc1. The third kappa shape index (κ3) is 12.0. The van der Waals surface area contributed by atoms with Crippen LogP contribution in [-0.4, -0.2) is 70.0 Å². The number of rotatable bonds is 20. The Kier molecular flexibility index (Phi) is 15.2. The number of methoxy groups -OCH3 is 1. The lowest BCUT2D eigenvalue weighted by atomic mass is 9.82. The van der Waals surface area contributed by atoms with Gasteiger partial charge in [-0.2, -0.15) is 5.10 Å². The minimum atomic E-state index is -0.569. The smallest absolute Gasteiger partial charge is 0.333 e. The number of carbonyl (C=O) groups excluding carboxylic acids is 2. The van der Waals surface area contributed by atoms with Gasteiger partial charge in [0.1, 0.15) is 17.2 Å². The number of para-hydroxylation sites is 1. The highest BCUT2D eigenvalue weighted by atomic mass is 32.1. The second kappa shape index (κ2) is 21.1. The maximum absolute atomic E-state index is 13.0. The molecule has 1 aliphatic carbocycles. The molecule has 1 aliphatic rings. The number of esters is 2. The van der Waals surface area contributed by atoms with Gasteiger partial charge in [0, 0.05) is 18.7 Å². The average Bonchev–Trinajstić information content (AvgIpc) is 3.69. The third-order valence-electron chi connectivity index (χ3n) is 9.72. The van der Waals surface area contributed by atoms with Crippen molar-refractivity contribution in [3.05, 3.63) is 115 Å². The summed E-state index contributed by atoms with van der Waals surface area (Å²) in [6.45, 7) is 7.82. The van der Waals surface area contributed by atoms with E-state index in [-0.39, 0.29) is 18.7 Å². The number of thiazole rings is 1. The standard InChI is InChI=1S/C45H49N3O8S/c1-4-32-10-14-34(15-11-32)40-23-22-39(28-36(40)29-46-48(24-25-52-27-26-51-3)45-47-41-8-6-7-9-42(41)57-45)53-30-33-12-16-35(17-13-33)44(50)56-38-20-18-37(19-21-38)54-31-55-43(49)5-2/h5-11,14-15,18-23,28-29,33,35H,2,4,12-13,16-17,24-27,30-31H2,1,3H3/b46-29+. The molecule has 1 aromatic heterocycles. The molecule has 0 aliphatic heterocycles. The first-order chi connectivity index (χ1) is 27.9. The number of fused-ring (bicyclic) bond motifs is 1. The molecule has 1 saturated carbocycles. The summed E-state index contributed by atoms with van der Waals surface area (Å²) in [6.07, 6.45) is 7.09. The van der Waals surface area contributed by atoms with Crippen LogP contribution < -0.4 is 19.2 Å². The van der Waals surface area contributed by atoms with Crippen LogP contribution in [0.1, 0.15) is 43.7 Å². The first-order valence-corrected chi connectivity index (χ1v) is 20.1. The summed E-state index contributed by atoms with van der Waals surface area (Å²) in [5.41, 5.74) is 5.27. The van der Waals surface area contributed by atoms with Crippen LogP contribution in [0.15, 0.2) is 109 Å². The van der Waals surface area contributed by atoms with Crippen molar-refractivity contribution in [2.45, 2.75) is 39.0 Å². The zero-order valence-electron chi connectivity index (χ0n) is 32.5. The Balaban J connectivity index is 1.09. The number of aryl methyl sites for hydroxylation is 1. The van der Waals surface area contributed by atoms with Crippen LogP contribution in [0.2, 0.25) is 0 Å². The molecule has 4 aromatic carbocycles. The van der Waals surface area contributed by atoms with E-state index in [0.717, 1.165) is 76.0 Å². The minimum Gasteiger partial charge on any atom is -0.493 e. The van der Waals surface area contributed by atoms with Crippen LogP contribution in [0.25, 0.3) is 21.3 Å². The molecule has 0 bridgehead atoms. The van der Waals surface area contributed by atoms with Crippen LogP contribution in [0.5, 0.6) is 17.2 Å². The minimum absolute atomic E-state index is 0.180. The summed E-state index contributed by atoms with van der Waals surface area (Å²) < 4.78 is 34.3. The van der Waals surface area contributed by atoms with Crippen LogP contribution in [0, 0.1) is 11.8 Å². The molecule has 11 nitrogen and oxygen atoms in total. The second-order valence-electron chi connectivity index (χ2n) is 13.6. The largest absolute Gasteiger partial charge is 0.493 e. The Morgan fingerprint density at radius 1 is 0.895 bits per heavy atom. The van der Waals surface area contributed by atoms with E-state index in [0.29, 0.717) is 50.4 Å². The number of ether oxygens (including phenoxy) is 6. The fourth-order valence-corrected chi connectivity index (χ4v) is 7.37.